The van der Waals surface area contributed by atoms with Crippen LogP contribution in [0.5, 0.6) is 5.75 Å². The molecule has 0 radical (unpaired) electrons. The van der Waals surface area contributed by atoms with Gasteiger partial charge in [0.25, 0.3) is 0 Å². The van der Waals surface area contributed by atoms with Gasteiger partial charge < -0.3 is 24.8 Å². The van der Waals surface area contributed by atoms with E-state index in [4.69, 9.17) is 9.47 Å². The number of benzene rings is 1. The van der Waals surface area contributed by atoms with Crippen molar-refractivity contribution in [3.63, 3.8) is 0 Å². The number of ketones is 1. The molecule has 0 aromatic heterocycles. The predicted octanol–water partition coefficient (Wildman–Crippen LogP) is -1.45. The third kappa shape index (κ3) is 3.13. The molecule has 1 unspecified atom stereocenters. The first-order valence-corrected chi connectivity index (χ1v) is 6.04. The zero-order valence-electron chi connectivity index (χ0n) is 10.6. The van der Waals surface area contributed by atoms with Crippen LogP contribution in [0.25, 0.3) is 0 Å². The van der Waals surface area contributed by atoms with Gasteiger partial charge in [-0.1, -0.05) is 0 Å². The number of Topliss-reactive ketones (excluding diaryl/α,β-unsaturated/α-hetero) is 1. The van der Waals surface area contributed by atoms with Crippen molar-refractivity contribution in [1.82, 2.24) is 5.32 Å². The summed E-state index contributed by atoms with van der Waals surface area (Å²) in [6.45, 7) is 1.68. The standard InChI is InChI=1S/C12H16BNO5/c1-18-10-3-2-8(6-9(10)13(16)17)12(15)11-7-14-4-5-19-11/h2-3,6,11,14,16-17H,4-5,7H2,1H3. The Morgan fingerprint density at radius 1 is 1.53 bits per heavy atom. The minimum Gasteiger partial charge on any atom is -0.497 e. The van der Waals surface area contributed by atoms with E-state index in [1.54, 1.807) is 6.07 Å². The highest BCUT2D eigenvalue weighted by atomic mass is 16.5. The molecule has 2 rings (SSSR count). The molecule has 0 amide bonds. The molecule has 1 fully saturated rings. The lowest BCUT2D eigenvalue weighted by molar-refractivity contribution is 0.0269. The summed E-state index contributed by atoms with van der Waals surface area (Å²) in [5.41, 5.74) is 0.537. The number of morpholine rings is 1. The third-order valence-corrected chi connectivity index (χ3v) is 3.01. The van der Waals surface area contributed by atoms with Crippen LogP contribution in [0.1, 0.15) is 10.4 Å². The van der Waals surface area contributed by atoms with Crippen LogP contribution in [0.15, 0.2) is 18.2 Å². The lowest BCUT2D eigenvalue weighted by Gasteiger charge is -2.22. The summed E-state index contributed by atoms with van der Waals surface area (Å²) < 4.78 is 10.4. The van der Waals surface area contributed by atoms with Gasteiger partial charge in [-0.2, -0.15) is 0 Å². The zero-order valence-corrected chi connectivity index (χ0v) is 10.6. The van der Waals surface area contributed by atoms with Crippen LogP contribution in [0, 0.1) is 0 Å². The van der Waals surface area contributed by atoms with Gasteiger partial charge >= 0.3 is 7.12 Å². The van der Waals surface area contributed by atoms with Crippen molar-refractivity contribution in [2.45, 2.75) is 6.10 Å². The van der Waals surface area contributed by atoms with Crippen LogP contribution in [-0.2, 0) is 4.74 Å². The van der Waals surface area contributed by atoms with Gasteiger partial charge in [-0.3, -0.25) is 4.79 Å². The average molecular weight is 265 g/mol. The van der Waals surface area contributed by atoms with Crippen LogP contribution < -0.4 is 15.5 Å². The Kier molecular flexibility index (Phi) is 4.54. The summed E-state index contributed by atoms with van der Waals surface area (Å²) in [5.74, 6) is 0.144. The summed E-state index contributed by atoms with van der Waals surface area (Å²) >= 11 is 0. The second-order valence-electron chi connectivity index (χ2n) is 4.26. The molecule has 1 aliphatic rings. The van der Waals surface area contributed by atoms with E-state index < -0.39 is 13.2 Å². The number of carbonyl (C=O) groups is 1. The Labute approximate surface area is 111 Å². The lowest BCUT2D eigenvalue weighted by atomic mass is 9.78. The first kappa shape index (κ1) is 14.0. The highest BCUT2D eigenvalue weighted by Gasteiger charge is 2.25. The van der Waals surface area contributed by atoms with E-state index in [-0.39, 0.29) is 11.2 Å². The van der Waals surface area contributed by atoms with Crippen LogP contribution in [0.2, 0.25) is 0 Å². The van der Waals surface area contributed by atoms with Crippen LogP contribution >= 0.6 is 0 Å². The fourth-order valence-corrected chi connectivity index (χ4v) is 2.01. The van der Waals surface area contributed by atoms with Gasteiger partial charge in [0.2, 0.25) is 0 Å². The molecule has 19 heavy (non-hydrogen) atoms. The van der Waals surface area contributed by atoms with Gasteiger partial charge in [0, 0.05) is 24.1 Å². The van der Waals surface area contributed by atoms with E-state index >= 15 is 0 Å². The number of hydrogen-bond acceptors (Lipinski definition) is 6. The molecule has 0 aliphatic carbocycles. The molecular weight excluding hydrogens is 249 g/mol. The molecule has 102 valence electrons. The molecule has 1 aromatic carbocycles. The quantitative estimate of drug-likeness (QED) is 0.456. The molecule has 1 saturated heterocycles. The maximum Gasteiger partial charge on any atom is 0.492 e. The number of nitrogens with one attached hydrogen (secondary N) is 1. The molecule has 0 bridgehead atoms. The van der Waals surface area contributed by atoms with Crippen molar-refractivity contribution in [3.8, 4) is 5.75 Å². The number of methoxy groups -OCH3 is 1. The second kappa shape index (κ2) is 6.16. The molecule has 1 aliphatic heterocycles. The molecule has 3 N–H and O–H groups in total. The molecule has 6 nitrogen and oxygen atoms in total. The summed E-state index contributed by atoms with van der Waals surface area (Å²) in [7, 11) is -0.259. The Hall–Kier alpha value is -1.41. The van der Waals surface area contributed by atoms with E-state index in [0.29, 0.717) is 24.5 Å². The number of hydrogen-bond donors (Lipinski definition) is 3. The topological polar surface area (TPSA) is 88.0 Å². The Balaban J connectivity index is 2.24. The fourth-order valence-electron chi connectivity index (χ4n) is 2.01. The van der Waals surface area contributed by atoms with Gasteiger partial charge in [-0.05, 0) is 18.2 Å². The first-order valence-electron chi connectivity index (χ1n) is 6.04. The molecular formula is C12H16BNO5. The molecule has 0 saturated carbocycles. The van der Waals surface area contributed by atoms with Gasteiger partial charge in [0.15, 0.2) is 5.78 Å². The van der Waals surface area contributed by atoms with E-state index in [1.807, 2.05) is 0 Å². The monoisotopic (exact) mass is 265 g/mol. The maximum absolute atomic E-state index is 12.2. The second-order valence-corrected chi connectivity index (χ2v) is 4.26. The van der Waals surface area contributed by atoms with Crippen LogP contribution in [0.4, 0.5) is 0 Å². The van der Waals surface area contributed by atoms with Crippen molar-refractivity contribution >= 4 is 18.4 Å². The largest absolute Gasteiger partial charge is 0.497 e. The molecule has 1 heterocycles. The van der Waals surface area contributed by atoms with Crippen LogP contribution in [-0.4, -0.2) is 55.9 Å². The fraction of sp³-hybridized carbons (Fsp3) is 0.417. The van der Waals surface area contributed by atoms with E-state index in [1.165, 1.54) is 19.2 Å². The first-order chi connectivity index (χ1) is 9.13. The average Bonchev–Trinajstić information content (AvgIpc) is 2.46. The zero-order chi connectivity index (χ0) is 13.8. The number of ether oxygens (including phenoxy) is 2. The van der Waals surface area contributed by atoms with E-state index in [9.17, 15) is 14.8 Å². The minimum absolute atomic E-state index is 0.164. The van der Waals surface area contributed by atoms with Crippen molar-refractivity contribution in [2.24, 2.45) is 0 Å². The van der Waals surface area contributed by atoms with Crippen LogP contribution in [0.3, 0.4) is 0 Å². The Bertz CT molecular complexity index is 459. The third-order valence-electron chi connectivity index (χ3n) is 3.01. The number of rotatable bonds is 4. The van der Waals surface area contributed by atoms with Crippen molar-refractivity contribution in [1.29, 1.82) is 0 Å². The Morgan fingerprint density at radius 2 is 2.32 bits per heavy atom. The van der Waals surface area contributed by atoms with Gasteiger partial charge in [-0.15, -0.1) is 0 Å². The SMILES string of the molecule is COc1ccc(C(=O)C2CNCCO2)cc1B(O)O. The molecule has 1 atom stereocenters. The highest BCUT2D eigenvalue weighted by Crippen LogP contribution is 2.13. The van der Waals surface area contributed by atoms with Gasteiger partial charge in [0.1, 0.15) is 11.9 Å². The predicted molar refractivity (Wildman–Crippen MR) is 69.8 cm³/mol. The normalized spacial score (nSPS) is 19.0. The van der Waals surface area contributed by atoms with E-state index in [2.05, 4.69) is 5.32 Å². The van der Waals surface area contributed by atoms with E-state index in [0.717, 1.165) is 6.54 Å². The summed E-state index contributed by atoms with van der Waals surface area (Å²) in [4.78, 5) is 12.2. The summed E-state index contributed by atoms with van der Waals surface area (Å²) in [6, 6.07) is 4.55. The van der Waals surface area contributed by atoms with Crippen molar-refractivity contribution < 1.29 is 24.3 Å². The van der Waals surface area contributed by atoms with Crippen molar-refractivity contribution in [2.75, 3.05) is 26.8 Å². The van der Waals surface area contributed by atoms with Gasteiger partial charge in [-0.25, -0.2) is 0 Å². The lowest BCUT2D eigenvalue weighted by Crippen LogP contribution is -2.43. The van der Waals surface area contributed by atoms with Crippen molar-refractivity contribution in [3.05, 3.63) is 23.8 Å². The molecule has 0 spiro atoms. The summed E-state index contributed by atoms with van der Waals surface area (Å²) in [6.07, 6.45) is -0.536. The smallest absolute Gasteiger partial charge is 0.492 e. The molecule has 7 heteroatoms. The highest BCUT2D eigenvalue weighted by molar-refractivity contribution is 6.59. The molecule has 1 aromatic rings. The number of carbonyl (C=O) groups excluding carboxylic acids is 1. The Morgan fingerprint density at radius 3 is 2.89 bits per heavy atom. The minimum atomic E-state index is -1.69. The van der Waals surface area contributed by atoms with Gasteiger partial charge in [0.05, 0.1) is 13.7 Å². The maximum atomic E-state index is 12.2. The summed E-state index contributed by atoms with van der Waals surface area (Å²) in [5, 5.41) is 21.6.